The van der Waals surface area contributed by atoms with E-state index in [0.717, 1.165) is 22.5 Å². The summed E-state index contributed by atoms with van der Waals surface area (Å²) in [5.74, 6) is 0. The van der Waals surface area contributed by atoms with Gasteiger partial charge in [0, 0.05) is 11.6 Å². The molecule has 0 amide bonds. The van der Waals surface area contributed by atoms with E-state index >= 15 is 0 Å². The number of rotatable bonds is 3. The van der Waals surface area contributed by atoms with Crippen LogP contribution in [0.4, 0.5) is 0 Å². The predicted molar refractivity (Wildman–Crippen MR) is 87.7 cm³/mol. The summed E-state index contributed by atoms with van der Waals surface area (Å²) in [4.78, 5) is 7.59. The molecular weight excluding hydrogens is 333 g/mol. The standard InChI is InChI=1S/C13H11Cl2N3S2/c1-2-10(12-16-3-4-20-12)18-11-6-8(15)7(14)5-9(11)17-13(18)19/h3-6,10H,2H2,1H3,(H,17,19). The maximum Gasteiger partial charge on any atom is 0.178 e. The van der Waals surface area contributed by atoms with E-state index in [1.165, 1.54) is 0 Å². The normalized spacial score (nSPS) is 12.9. The number of nitrogens with zero attached hydrogens (tertiary/aromatic N) is 2. The number of nitrogens with one attached hydrogen (secondary N) is 1. The molecule has 2 heterocycles. The Morgan fingerprint density at radius 2 is 2.15 bits per heavy atom. The Morgan fingerprint density at radius 3 is 2.80 bits per heavy atom. The Kier molecular flexibility index (Phi) is 3.86. The fourth-order valence-corrected chi connectivity index (χ4v) is 3.77. The summed E-state index contributed by atoms with van der Waals surface area (Å²) in [6.45, 7) is 2.12. The second-order valence-corrected chi connectivity index (χ2v) is 6.51. The summed E-state index contributed by atoms with van der Waals surface area (Å²) in [5.41, 5.74) is 1.84. The summed E-state index contributed by atoms with van der Waals surface area (Å²) >= 11 is 19.3. The first-order valence-electron chi connectivity index (χ1n) is 6.10. The van der Waals surface area contributed by atoms with Crippen LogP contribution in [0, 0.1) is 4.77 Å². The molecule has 0 saturated carbocycles. The molecule has 0 fully saturated rings. The minimum Gasteiger partial charge on any atom is -0.331 e. The monoisotopic (exact) mass is 343 g/mol. The maximum absolute atomic E-state index is 6.14. The number of imidazole rings is 1. The van der Waals surface area contributed by atoms with Crippen LogP contribution in [0.5, 0.6) is 0 Å². The summed E-state index contributed by atoms with van der Waals surface area (Å²) in [5, 5.41) is 4.05. The average Bonchev–Trinajstić information content (AvgIpc) is 3.02. The second-order valence-electron chi connectivity index (χ2n) is 4.38. The predicted octanol–water partition coefficient (Wildman–Crippen LogP) is 5.46. The van der Waals surface area contributed by atoms with Gasteiger partial charge in [-0.05, 0) is 30.8 Å². The van der Waals surface area contributed by atoms with Gasteiger partial charge in [0.2, 0.25) is 0 Å². The molecule has 0 aliphatic carbocycles. The second kappa shape index (κ2) is 5.48. The average molecular weight is 344 g/mol. The fraction of sp³-hybridized carbons (Fsp3) is 0.231. The van der Waals surface area contributed by atoms with E-state index in [1.54, 1.807) is 17.4 Å². The SMILES string of the molecule is CCC(c1nccs1)n1c(=S)[nH]c2cc(Cl)c(Cl)cc21. The Hall–Kier alpha value is -0.880. The van der Waals surface area contributed by atoms with Gasteiger partial charge in [-0.1, -0.05) is 30.1 Å². The van der Waals surface area contributed by atoms with Gasteiger partial charge < -0.3 is 9.55 Å². The van der Waals surface area contributed by atoms with Gasteiger partial charge in [0.1, 0.15) is 5.01 Å². The fourth-order valence-electron chi connectivity index (χ4n) is 2.30. The molecule has 0 aliphatic rings. The Balaban J connectivity index is 2.27. The van der Waals surface area contributed by atoms with Crippen molar-refractivity contribution in [2.75, 3.05) is 0 Å². The quantitative estimate of drug-likeness (QED) is 0.640. The Morgan fingerprint density at radius 1 is 1.40 bits per heavy atom. The molecule has 0 radical (unpaired) electrons. The molecule has 1 N–H and O–H groups in total. The van der Waals surface area contributed by atoms with Gasteiger partial charge in [0.25, 0.3) is 0 Å². The number of aromatic nitrogens is 3. The molecule has 1 unspecified atom stereocenters. The number of fused-ring (bicyclic) bond motifs is 1. The van der Waals surface area contributed by atoms with Gasteiger partial charge in [-0.25, -0.2) is 4.98 Å². The third kappa shape index (κ3) is 2.29. The molecule has 104 valence electrons. The molecular formula is C13H11Cl2N3S2. The van der Waals surface area contributed by atoms with Crippen molar-refractivity contribution in [3.63, 3.8) is 0 Å². The van der Waals surface area contributed by atoms with Crippen molar-refractivity contribution in [2.24, 2.45) is 0 Å². The number of hydrogen-bond donors (Lipinski definition) is 1. The zero-order valence-electron chi connectivity index (χ0n) is 10.6. The van der Waals surface area contributed by atoms with Crippen LogP contribution < -0.4 is 0 Å². The van der Waals surface area contributed by atoms with Crippen LogP contribution >= 0.6 is 46.8 Å². The van der Waals surface area contributed by atoms with Crippen molar-refractivity contribution in [1.82, 2.24) is 14.5 Å². The Bertz CT molecular complexity index is 805. The van der Waals surface area contributed by atoms with Crippen LogP contribution in [-0.4, -0.2) is 14.5 Å². The zero-order valence-corrected chi connectivity index (χ0v) is 13.7. The van der Waals surface area contributed by atoms with Crippen molar-refractivity contribution in [3.05, 3.63) is 43.5 Å². The number of halogens is 2. The van der Waals surface area contributed by atoms with E-state index < -0.39 is 0 Å². The molecule has 0 bridgehead atoms. The molecule has 20 heavy (non-hydrogen) atoms. The summed E-state index contributed by atoms with van der Waals surface area (Å²) < 4.78 is 2.71. The minimum absolute atomic E-state index is 0.105. The van der Waals surface area contributed by atoms with Gasteiger partial charge in [-0.3, -0.25) is 0 Å². The highest BCUT2D eigenvalue weighted by atomic mass is 35.5. The highest BCUT2D eigenvalue weighted by Gasteiger charge is 2.19. The highest BCUT2D eigenvalue weighted by molar-refractivity contribution is 7.71. The zero-order chi connectivity index (χ0) is 14.3. The molecule has 3 nitrogen and oxygen atoms in total. The van der Waals surface area contributed by atoms with Crippen LogP contribution in [0.15, 0.2) is 23.7 Å². The van der Waals surface area contributed by atoms with Crippen molar-refractivity contribution >= 4 is 57.8 Å². The third-order valence-corrected chi connectivity index (χ3v) is 5.09. The Labute approximate surface area is 135 Å². The smallest absolute Gasteiger partial charge is 0.178 e. The number of aromatic amines is 1. The van der Waals surface area contributed by atoms with Gasteiger partial charge in [0.15, 0.2) is 4.77 Å². The number of hydrogen-bond acceptors (Lipinski definition) is 3. The van der Waals surface area contributed by atoms with E-state index in [0.29, 0.717) is 14.8 Å². The van der Waals surface area contributed by atoms with E-state index in [9.17, 15) is 0 Å². The van der Waals surface area contributed by atoms with Crippen LogP contribution in [0.3, 0.4) is 0 Å². The number of thiazole rings is 1. The first-order chi connectivity index (χ1) is 9.61. The lowest BCUT2D eigenvalue weighted by molar-refractivity contribution is 0.572. The molecule has 3 aromatic rings. The van der Waals surface area contributed by atoms with E-state index in [4.69, 9.17) is 35.4 Å². The first-order valence-corrected chi connectivity index (χ1v) is 8.15. The van der Waals surface area contributed by atoms with E-state index in [-0.39, 0.29) is 6.04 Å². The van der Waals surface area contributed by atoms with Gasteiger partial charge in [-0.15, -0.1) is 11.3 Å². The third-order valence-electron chi connectivity index (χ3n) is 3.19. The molecule has 2 aromatic heterocycles. The summed E-state index contributed by atoms with van der Waals surface area (Å²) in [7, 11) is 0. The van der Waals surface area contributed by atoms with Crippen molar-refractivity contribution in [1.29, 1.82) is 0 Å². The lowest BCUT2D eigenvalue weighted by Gasteiger charge is -2.15. The lowest BCUT2D eigenvalue weighted by atomic mass is 10.2. The molecule has 3 rings (SSSR count). The van der Waals surface area contributed by atoms with Gasteiger partial charge in [0.05, 0.1) is 27.1 Å². The van der Waals surface area contributed by atoms with Crippen LogP contribution in [0.25, 0.3) is 11.0 Å². The summed E-state index contributed by atoms with van der Waals surface area (Å²) in [6, 6.07) is 3.76. The lowest BCUT2D eigenvalue weighted by Crippen LogP contribution is -2.09. The highest BCUT2D eigenvalue weighted by Crippen LogP contribution is 2.32. The summed E-state index contributed by atoms with van der Waals surface area (Å²) in [6.07, 6.45) is 2.71. The molecule has 1 aromatic carbocycles. The van der Waals surface area contributed by atoms with Gasteiger partial charge in [-0.2, -0.15) is 0 Å². The van der Waals surface area contributed by atoms with Crippen LogP contribution in [0.1, 0.15) is 24.4 Å². The van der Waals surface area contributed by atoms with E-state index in [2.05, 4.69) is 21.5 Å². The number of benzene rings is 1. The van der Waals surface area contributed by atoms with Crippen LogP contribution in [0.2, 0.25) is 10.0 Å². The van der Waals surface area contributed by atoms with Crippen molar-refractivity contribution in [2.45, 2.75) is 19.4 Å². The molecule has 1 atom stereocenters. The topological polar surface area (TPSA) is 33.6 Å². The minimum atomic E-state index is 0.105. The maximum atomic E-state index is 6.14. The first kappa shape index (κ1) is 14.1. The molecule has 0 aliphatic heterocycles. The van der Waals surface area contributed by atoms with Crippen molar-refractivity contribution < 1.29 is 0 Å². The van der Waals surface area contributed by atoms with Crippen LogP contribution in [-0.2, 0) is 0 Å². The molecule has 0 saturated heterocycles. The van der Waals surface area contributed by atoms with E-state index in [1.807, 2.05) is 17.6 Å². The van der Waals surface area contributed by atoms with Gasteiger partial charge >= 0.3 is 0 Å². The largest absolute Gasteiger partial charge is 0.331 e. The molecule has 0 spiro atoms. The number of H-pyrrole nitrogens is 1. The molecule has 7 heteroatoms. The van der Waals surface area contributed by atoms with Crippen molar-refractivity contribution in [3.8, 4) is 0 Å².